The molecule has 0 spiro atoms. The van der Waals surface area contributed by atoms with Gasteiger partial charge in [-0.15, -0.1) is 24.0 Å². The molecule has 2 N–H and O–H groups in total. The standard InChI is InChI=1S/C17H23N3O2.HI/c1-12-7-9-20(10-8-12)17(18)19-11-15-16(21-2)13-5-3-4-6-14(13)22-15;/h3-6,12H,7-11H2,1-2H3,(H2,18,19);1H. The van der Waals surface area contributed by atoms with E-state index in [2.05, 4.69) is 16.8 Å². The van der Waals surface area contributed by atoms with Crippen LogP contribution in [0.25, 0.3) is 11.0 Å². The van der Waals surface area contributed by atoms with Gasteiger partial charge in [-0.1, -0.05) is 19.1 Å². The van der Waals surface area contributed by atoms with Crippen molar-refractivity contribution >= 4 is 40.9 Å². The number of hydrogen-bond donors (Lipinski definition) is 1. The second kappa shape index (κ2) is 7.90. The molecule has 0 amide bonds. The number of rotatable bonds is 3. The lowest BCUT2D eigenvalue weighted by molar-refractivity contribution is 0.277. The number of nitrogens with two attached hydrogens (primary N) is 1. The second-order valence-electron chi connectivity index (χ2n) is 5.90. The van der Waals surface area contributed by atoms with E-state index in [1.54, 1.807) is 7.11 Å². The summed E-state index contributed by atoms with van der Waals surface area (Å²) in [7, 11) is 1.65. The number of halogens is 1. The number of methoxy groups -OCH3 is 1. The second-order valence-corrected chi connectivity index (χ2v) is 5.90. The molecule has 0 radical (unpaired) electrons. The maximum absolute atomic E-state index is 6.12. The molecular weight excluding hydrogens is 405 g/mol. The zero-order chi connectivity index (χ0) is 15.5. The Hall–Kier alpha value is -1.44. The number of hydrogen-bond acceptors (Lipinski definition) is 3. The quantitative estimate of drug-likeness (QED) is 0.460. The normalized spacial score (nSPS) is 16.4. The molecule has 0 bridgehead atoms. The SMILES string of the molecule is COc1c(CN=C(N)N2CCC(C)CC2)oc2ccccc12.I. The minimum absolute atomic E-state index is 0. The number of aliphatic imine (C=N–C) groups is 1. The fourth-order valence-electron chi connectivity index (χ4n) is 2.89. The lowest BCUT2D eigenvalue weighted by atomic mass is 10.00. The van der Waals surface area contributed by atoms with Gasteiger partial charge in [0.2, 0.25) is 0 Å². The Kier molecular flexibility index (Phi) is 6.15. The largest absolute Gasteiger partial charge is 0.492 e. The van der Waals surface area contributed by atoms with Gasteiger partial charge in [0, 0.05) is 13.1 Å². The van der Waals surface area contributed by atoms with Gasteiger partial charge in [-0.05, 0) is 30.9 Å². The minimum Gasteiger partial charge on any atom is -0.492 e. The van der Waals surface area contributed by atoms with Crippen LogP contribution in [0.4, 0.5) is 0 Å². The number of benzene rings is 1. The van der Waals surface area contributed by atoms with Gasteiger partial charge in [0.1, 0.15) is 12.1 Å². The molecule has 1 aliphatic heterocycles. The van der Waals surface area contributed by atoms with E-state index in [4.69, 9.17) is 14.9 Å². The van der Waals surface area contributed by atoms with Crippen molar-refractivity contribution in [1.82, 2.24) is 4.90 Å². The van der Waals surface area contributed by atoms with Crippen LogP contribution in [-0.2, 0) is 6.54 Å². The minimum atomic E-state index is 0. The number of guanidine groups is 1. The van der Waals surface area contributed by atoms with Crippen LogP contribution in [0.1, 0.15) is 25.5 Å². The molecule has 1 aliphatic rings. The molecule has 23 heavy (non-hydrogen) atoms. The Labute approximate surface area is 153 Å². The van der Waals surface area contributed by atoms with Crippen LogP contribution in [0.2, 0.25) is 0 Å². The number of nitrogens with zero attached hydrogens (tertiary/aromatic N) is 2. The first kappa shape index (κ1) is 17.9. The molecule has 0 atom stereocenters. The highest BCUT2D eigenvalue weighted by molar-refractivity contribution is 14.0. The number of piperidine rings is 1. The first-order valence-electron chi connectivity index (χ1n) is 7.78. The summed E-state index contributed by atoms with van der Waals surface area (Å²) in [5, 5.41) is 0.973. The summed E-state index contributed by atoms with van der Waals surface area (Å²) in [6.07, 6.45) is 2.34. The first-order chi connectivity index (χ1) is 10.7. The number of fused-ring (bicyclic) bond motifs is 1. The third kappa shape index (κ3) is 3.91. The lowest BCUT2D eigenvalue weighted by Crippen LogP contribution is -2.42. The van der Waals surface area contributed by atoms with Crippen LogP contribution >= 0.6 is 24.0 Å². The fourth-order valence-corrected chi connectivity index (χ4v) is 2.89. The molecule has 2 heterocycles. The summed E-state index contributed by atoms with van der Waals surface area (Å²) in [5.41, 5.74) is 6.94. The number of para-hydroxylation sites is 1. The van der Waals surface area contributed by atoms with Crippen molar-refractivity contribution in [3.05, 3.63) is 30.0 Å². The van der Waals surface area contributed by atoms with E-state index < -0.39 is 0 Å². The molecule has 0 aliphatic carbocycles. The maximum Gasteiger partial charge on any atom is 0.191 e. The van der Waals surface area contributed by atoms with Gasteiger partial charge in [-0.25, -0.2) is 4.99 Å². The molecule has 0 saturated carbocycles. The van der Waals surface area contributed by atoms with Crippen molar-refractivity contribution in [3.63, 3.8) is 0 Å². The van der Waals surface area contributed by atoms with Crippen LogP contribution in [-0.4, -0.2) is 31.1 Å². The van der Waals surface area contributed by atoms with Gasteiger partial charge in [0.15, 0.2) is 17.5 Å². The molecule has 1 aromatic carbocycles. The molecule has 5 nitrogen and oxygen atoms in total. The molecule has 2 aromatic rings. The van der Waals surface area contributed by atoms with E-state index in [9.17, 15) is 0 Å². The van der Waals surface area contributed by atoms with E-state index in [0.29, 0.717) is 12.5 Å². The third-order valence-corrected chi connectivity index (χ3v) is 4.31. The smallest absolute Gasteiger partial charge is 0.191 e. The average molecular weight is 429 g/mol. The molecule has 0 unspecified atom stereocenters. The Morgan fingerprint density at radius 2 is 2.04 bits per heavy atom. The molecular formula is C17H24IN3O2. The highest BCUT2D eigenvalue weighted by Gasteiger charge is 2.18. The molecule has 6 heteroatoms. The van der Waals surface area contributed by atoms with Crippen molar-refractivity contribution in [2.45, 2.75) is 26.3 Å². The van der Waals surface area contributed by atoms with Crippen molar-refractivity contribution in [1.29, 1.82) is 0 Å². The van der Waals surface area contributed by atoms with E-state index >= 15 is 0 Å². The van der Waals surface area contributed by atoms with Crippen LogP contribution in [0, 0.1) is 5.92 Å². The van der Waals surface area contributed by atoms with Gasteiger partial charge in [-0.3, -0.25) is 0 Å². The van der Waals surface area contributed by atoms with Crippen LogP contribution in [0.3, 0.4) is 0 Å². The monoisotopic (exact) mass is 429 g/mol. The van der Waals surface area contributed by atoms with Crippen molar-refractivity contribution in [2.24, 2.45) is 16.6 Å². The summed E-state index contributed by atoms with van der Waals surface area (Å²) in [5.74, 6) is 2.84. The van der Waals surface area contributed by atoms with Crippen LogP contribution in [0.15, 0.2) is 33.7 Å². The Balaban J connectivity index is 0.00000192. The molecule has 126 valence electrons. The lowest BCUT2D eigenvalue weighted by Gasteiger charge is -2.30. The highest BCUT2D eigenvalue weighted by atomic mass is 127. The van der Waals surface area contributed by atoms with Crippen LogP contribution < -0.4 is 10.5 Å². The van der Waals surface area contributed by atoms with E-state index in [1.807, 2.05) is 24.3 Å². The first-order valence-corrected chi connectivity index (χ1v) is 7.78. The summed E-state index contributed by atoms with van der Waals surface area (Å²) < 4.78 is 11.3. The average Bonchev–Trinajstić information content (AvgIpc) is 2.90. The third-order valence-electron chi connectivity index (χ3n) is 4.31. The van der Waals surface area contributed by atoms with E-state index in [0.717, 1.165) is 41.5 Å². The number of ether oxygens (including phenoxy) is 1. The molecule has 1 aromatic heterocycles. The van der Waals surface area contributed by atoms with Gasteiger partial charge < -0.3 is 19.8 Å². The van der Waals surface area contributed by atoms with Gasteiger partial charge >= 0.3 is 0 Å². The van der Waals surface area contributed by atoms with Gasteiger partial charge in [0.25, 0.3) is 0 Å². The summed E-state index contributed by atoms with van der Waals surface area (Å²) in [4.78, 5) is 6.64. The number of furan rings is 1. The van der Waals surface area contributed by atoms with E-state index in [1.165, 1.54) is 12.8 Å². The van der Waals surface area contributed by atoms with Crippen molar-refractivity contribution < 1.29 is 9.15 Å². The van der Waals surface area contributed by atoms with Crippen molar-refractivity contribution in [2.75, 3.05) is 20.2 Å². The zero-order valence-corrected chi connectivity index (χ0v) is 15.9. The topological polar surface area (TPSA) is 64.0 Å². The van der Waals surface area contributed by atoms with Crippen LogP contribution in [0.5, 0.6) is 5.75 Å². The summed E-state index contributed by atoms with van der Waals surface area (Å²) in [6, 6.07) is 7.83. The van der Waals surface area contributed by atoms with Gasteiger partial charge in [-0.2, -0.15) is 0 Å². The summed E-state index contributed by atoms with van der Waals surface area (Å²) >= 11 is 0. The number of likely N-dealkylation sites (tertiary alicyclic amines) is 1. The predicted octanol–water partition coefficient (Wildman–Crippen LogP) is 3.61. The fraction of sp³-hybridized carbons (Fsp3) is 0.471. The maximum atomic E-state index is 6.12. The Morgan fingerprint density at radius 3 is 2.74 bits per heavy atom. The highest BCUT2D eigenvalue weighted by Crippen LogP contribution is 2.33. The summed E-state index contributed by atoms with van der Waals surface area (Å²) in [6.45, 7) is 4.64. The van der Waals surface area contributed by atoms with E-state index in [-0.39, 0.29) is 24.0 Å². The van der Waals surface area contributed by atoms with Crippen molar-refractivity contribution in [3.8, 4) is 5.75 Å². The van der Waals surface area contributed by atoms with Gasteiger partial charge in [0.05, 0.1) is 12.5 Å². The Morgan fingerprint density at radius 1 is 1.35 bits per heavy atom. The molecule has 1 fully saturated rings. The molecule has 1 saturated heterocycles. The zero-order valence-electron chi connectivity index (χ0n) is 13.6. The predicted molar refractivity (Wildman–Crippen MR) is 103 cm³/mol. The molecule has 3 rings (SSSR count). The Bertz CT molecular complexity index is 676.